The Kier molecular flexibility index (Phi) is 5.93. The minimum atomic E-state index is -1.26. The van der Waals surface area contributed by atoms with Gasteiger partial charge in [-0.25, -0.2) is 9.59 Å². The lowest BCUT2D eigenvalue weighted by Gasteiger charge is -2.26. The summed E-state index contributed by atoms with van der Waals surface area (Å²) >= 11 is 0. The Balaban J connectivity index is 0.000000242. The molecule has 1 aromatic rings. The number of carbonyl (C=O) groups excluding carboxylic acids is 1. The van der Waals surface area contributed by atoms with Gasteiger partial charge in [0.05, 0.1) is 7.11 Å². The van der Waals surface area contributed by atoms with Crippen molar-refractivity contribution < 1.29 is 29.3 Å². The zero-order chi connectivity index (χ0) is 18.6. The lowest BCUT2D eigenvalue weighted by atomic mass is 9.76. The van der Waals surface area contributed by atoms with Crippen LogP contribution in [0.25, 0.3) is 0 Å². The second-order valence-electron chi connectivity index (χ2n) is 6.18. The smallest absolute Gasteiger partial charge is 0.328 e. The third-order valence-electron chi connectivity index (χ3n) is 4.40. The molecular weight excluding hydrogens is 326 g/mol. The molecule has 0 spiro atoms. The number of likely N-dealkylation sites (tertiary alicyclic amines) is 1. The van der Waals surface area contributed by atoms with Crippen molar-refractivity contribution in [3.8, 4) is 5.75 Å². The van der Waals surface area contributed by atoms with Gasteiger partial charge >= 0.3 is 11.9 Å². The third kappa shape index (κ3) is 4.67. The molecule has 7 nitrogen and oxygen atoms in total. The van der Waals surface area contributed by atoms with Gasteiger partial charge < -0.3 is 19.8 Å². The number of fused-ring (bicyclic) bond motifs is 3. The van der Waals surface area contributed by atoms with E-state index >= 15 is 0 Å². The summed E-state index contributed by atoms with van der Waals surface area (Å²) in [5, 5.41) is 15.6. The Morgan fingerprint density at radius 1 is 1.20 bits per heavy atom. The van der Waals surface area contributed by atoms with E-state index in [0.717, 1.165) is 24.4 Å². The monoisotopic (exact) mass is 347 g/mol. The molecule has 0 saturated carbocycles. The fourth-order valence-corrected chi connectivity index (χ4v) is 3.37. The fraction of sp³-hybridized carbons (Fsp3) is 0.389. The lowest BCUT2D eigenvalue weighted by molar-refractivity contribution is -0.134. The molecule has 134 valence electrons. The van der Waals surface area contributed by atoms with Gasteiger partial charge in [0.2, 0.25) is 0 Å². The second-order valence-corrected chi connectivity index (χ2v) is 6.18. The van der Waals surface area contributed by atoms with Crippen molar-refractivity contribution in [1.29, 1.82) is 0 Å². The molecule has 0 aromatic heterocycles. The summed E-state index contributed by atoms with van der Waals surface area (Å²) in [6.07, 6.45) is 1.82. The summed E-state index contributed by atoms with van der Waals surface area (Å²) in [6.45, 7) is 2.09. The van der Waals surface area contributed by atoms with E-state index in [1.807, 2.05) is 18.2 Å². The average Bonchev–Trinajstić information content (AvgIpc) is 2.93. The molecule has 0 radical (unpaired) electrons. The number of hydrogen-bond donors (Lipinski definition) is 2. The molecule has 2 N–H and O–H groups in total. The van der Waals surface area contributed by atoms with Crippen molar-refractivity contribution >= 4 is 17.7 Å². The first-order valence-corrected chi connectivity index (χ1v) is 7.85. The first kappa shape index (κ1) is 18.7. The highest BCUT2D eigenvalue weighted by Crippen LogP contribution is 2.41. The number of benzene rings is 1. The highest BCUT2D eigenvalue weighted by Gasteiger charge is 2.39. The number of carbonyl (C=O) groups is 3. The lowest BCUT2D eigenvalue weighted by Crippen LogP contribution is -2.23. The molecule has 1 aliphatic carbocycles. The van der Waals surface area contributed by atoms with E-state index in [-0.39, 0.29) is 0 Å². The van der Waals surface area contributed by atoms with Crippen LogP contribution in [0.4, 0.5) is 0 Å². The summed E-state index contributed by atoms with van der Waals surface area (Å²) in [4.78, 5) is 33.5. The molecule has 0 unspecified atom stereocenters. The standard InChI is InChI=1S/C14H17NO2.C4H4O4/c1-15-7-9-5-14(16)11-4-3-10(17-2)6-12(11)13(9)8-15;5-3(6)1-2-4(7)8/h3-4,6,9,13H,5,7-8H2,1-2H3;1-2H,(H,5,6)(H,7,8)/b;2-1+/t9-,13+;/m1./s1. The van der Waals surface area contributed by atoms with Crippen LogP contribution in [0.2, 0.25) is 0 Å². The van der Waals surface area contributed by atoms with E-state index < -0.39 is 11.9 Å². The molecule has 0 amide bonds. The van der Waals surface area contributed by atoms with E-state index in [2.05, 4.69) is 11.9 Å². The Morgan fingerprint density at radius 3 is 2.40 bits per heavy atom. The molecule has 1 aromatic carbocycles. The van der Waals surface area contributed by atoms with E-state index in [1.165, 1.54) is 5.56 Å². The van der Waals surface area contributed by atoms with Gasteiger partial charge in [0, 0.05) is 43.1 Å². The van der Waals surface area contributed by atoms with Gasteiger partial charge in [-0.3, -0.25) is 4.79 Å². The first-order valence-electron chi connectivity index (χ1n) is 7.85. The number of likely N-dealkylation sites (N-methyl/N-ethyl adjacent to an activating group) is 1. The number of ketones is 1. The summed E-state index contributed by atoms with van der Waals surface area (Å²) < 4.78 is 5.27. The van der Waals surface area contributed by atoms with Crippen molar-refractivity contribution in [3.05, 3.63) is 41.5 Å². The summed E-state index contributed by atoms with van der Waals surface area (Å²) in [5.74, 6) is -0.374. The van der Waals surface area contributed by atoms with Gasteiger partial charge in [-0.15, -0.1) is 0 Å². The van der Waals surface area contributed by atoms with Crippen LogP contribution in [0.5, 0.6) is 5.75 Å². The van der Waals surface area contributed by atoms with Gasteiger partial charge in [-0.1, -0.05) is 0 Å². The SMILES string of the molecule is COc1ccc2c(c1)[C@H]1CN(C)C[C@H]1CC2=O.O=C(O)/C=C/C(=O)O. The Bertz CT molecular complexity index is 696. The van der Waals surface area contributed by atoms with Crippen molar-refractivity contribution in [2.75, 3.05) is 27.2 Å². The van der Waals surface area contributed by atoms with Crippen molar-refractivity contribution in [2.24, 2.45) is 5.92 Å². The molecule has 25 heavy (non-hydrogen) atoms. The van der Waals surface area contributed by atoms with Crippen molar-refractivity contribution in [1.82, 2.24) is 4.90 Å². The van der Waals surface area contributed by atoms with Crippen LogP contribution in [0.15, 0.2) is 30.4 Å². The van der Waals surface area contributed by atoms with Crippen LogP contribution in [-0.4, -0.2) is 60.1 Å². The zero-order valence-corrected chi connectivity index (χ0v) is 14.1. The van der Waals surface area contributed by atoms with Gasteiger partial charge in [0.15, 0.2) is 5.78 Å². The van der Waals surface area contributed by atoms with Crippen LogP contribution in [0.3, 0.4) is 0 Å². The minimum Gasteiger partial charge on any atom is -0.497 e. The number of Topliss-reactive ketones (excluding diaryl/α,β-unsaturated/α-hetero) is 1. The normalized spacial score (nSPS) is 21.9. The van der Waals surface area contributed by atoms with Crippen molar-refractivity contribution in [2.45, 2.75) is 12.3 Å². The summed E-state index contributed by atoms with van der Waals surface area (Å²) in [5.41, 5.74) is 2.09. The first-order chi connectivity index (χ1) is 11.8. The van der Waals surface area contributed by atoms with Gasteiger partial charge in [0.1, 0.15) is 5.75 Å². The molecule has 1 heterocycles. The molecule has 2 atom stereocenters. The third-order valence-corrected chi connectivity index (χ3v) is 4.40. The number of aliphatic carboxylic acids is 2. The zero-order valence-electron chi connectivity index (χ0n) is 14.1. The maximum Gasteiger partial charge on any atom is 0.328 e. The number of methoxy groups -OCH3 is 1. The van der Waals surface area contributed by atoms with Crippen LogP contribution in [-0.2, 0) is 9.59 Å². The molecular formula is C18H21NO6. The van der Waals surface area contributed by atoms with Crippen LogP contribution in [0.1, 0.15) is 28.3 Å². The minimum absolute atomic E-state index is 0.291. The number of ether oxygens (including phenoxy) is 1. The Morgan fingerprint density at radius 2 is 1.84 bits per heavy atom. The quantitative estimate of drug-likeness (QED) is 0.801. The molecule has 3 rings (SSSR count). The highest BCUT2D eigenvalue weighted by molar-refractivity contribution is 5.99. The summed E-state index contributed by atoms with van der Waals surface area (Å²) in [7, 11) is 3.80. The Labute approximate surface area is 145 Å². The number of carboxylic acids is 2. The van der Waals surface area contributed by atoms with Gasteiger partial charge in [-0.2, -0.15) is 0 Å². The average molecular weight is 347 g/mol. The van der Waals surface area contributed by atoms with E-state index in [0.29, 0.717) is 36.2 Å². The van der Waals surface area contributed by atoms with Gasteiger partial charge in [-0.05, 0) is 36.7 Å². The van der Waals surface area contributed by atoms with E-state index in [1.54, 1.807) is 7.11 Å². The van der Waals surface area contributed by atoms with Crippen LogP contribution < -0.4 is 4.74 Å². The number of rotatable bonds is 3. The molecule has 1 aliphatic heterocycles. The number of nitrogens with zero attached hydrogens (tertiary/aromatic N) is 1. The maximum atomic E-state index is 12.1. The Hall–Kier alpha value is -2.67. The fourth-order valence-electron chi connectivity index (χ4n) is 3.37. The van der Waals surface area contributed by atoms with E-state index in [4.69, 9.17) is 14.9 Å². The molecule has 7 heteroatoms. The van der Waals surface area contributed by atoms with Crippen molar-refractivity contribution in [3.63, 3.8) is 0 Å². The molecule has 1 saturated heterocycles. The topological polar surface area (TPSA) is 104 Å². The highest BCUT2D eigenvalue weighted by atomic mass is 16.5. The maximum absolute atomic E-state index is 12.1. The molecule has 1 fully saturated rings. The molecule has 2 aliphatic rings. The van der Waals surface area contributed by atoms with Crippen LogP contribution >= 0.6 is 0 Å². The predicted molar refractivity (Wildman–Crippen MR) is 90.1 cm³/mol. The summed E-state index contributed by atoms with van der Waals surface area (Å²) in [6, 6.07) is 5.85. The predicted octanol–water partition coefficient (Wildman–Crippen LogP) is 1.64. The second kappa shape index (κ2) is 7.94. The largest absolute Gasteiger partial charge is 0.497 e. The number of hydrogen-bond acceptors (Lipinski definition) is 5. The van der Waals surface area contributed by atoms with Gasteiger partial charge in [0.25, 0.3) is 0 Å². The number of carboxylic acid groups (broad SMARTS) is 2. The molecule has 0 bridgehead atoms. The van der Waals surface area contributed by atoms with Crippen LogP contribution in [0, 0.1) is 5.92 Å². The van der Waals surface area contributed by atoms with E-state index in [9.17, 15) is 14.4 Å².